The number of benzene rings is 2. The number of nitro benzene ring substituents is 1. The number of carbonyl (C=O) groups excluding carboxylic acids is 1. The molecular formula is C14H7F2INO8S-. The summed E-state index contributed by atoms with van der Waals surface area (Å²) in [6.45, 7) is 0. The maximum Gasteiger partial charge on any atom is 0.429 e. The van der Waals surface area contributed by atoms with Crippen LogP contribution in [0.25, 0.3) is 0 Å². The number of ether oxygens (including phenoxy) is 2. The first-order chi connectivity index (χ1) is 12.4. The molecule has 0 aliphatic heterocycles. The van der Waals surface area contributed by atoms with E-state index in [0.29, 0.717) is 0 Å². The lowest BCUT2D eigenvalue weighted by Crippen LogP contribution is -2.40. The third-order valence-electron chi connectivity index (χ3n) is 2.94. The number of rotatable bonds is 6. The van der Waals surface area contributed by atoms with Crippen molar-refractivity contribution in [2.45, 2.75) is 5.25 Å². The Kier molecular flexibility index (Phi) is 5.96. The second kappa shape index (κ2) is 7.69. The normalized spacial score (nSPS) is 11.7. The van der Waals surface area contributed by atoms with Gasteiger partial charge in [-0.05, 0) is 59.0 Å². The molecule has 0 aliphatic carbocycles. The number of nitro groups is 1. The zero-order valence-electron chi connectivity index (χ0n) is 12.8. The van der Waals surface area contributed by atoms with Crippen LogP contribution in [0.15, 0.2) is 42.5 Å². The summed E-state index contributed by atoms with van der Waals surface area (Å²) in [4.78, 5) is 21.6. The summed E-state index contributed by atoms with van der Waals surface area (Å²) in [7, 11) is -6.38. The highest BCUT2D eigenvalue weighted by Crippen LogP contribution is 2.40. The molecule has 0 aliphatic rings. The average Bonchev–Trinajstić information content (AvgIpc) is 2.55. The summed E-state index contributed by atoms with van der Waals surface area (Å²) in [5, 5.41) is 5.86. The van der Waals surface area contributed by atoms with Crippen molar-refractivity contribution in [3.05, 3.63) is 56.1 Å². The molecule has 2 aromatic rings. The van der Waals surface area contributed by atoms with Crippen LogP contribution in [0.3, 0.4) is 0 Å². The summed E-state index contributed by atoms with van der Waals surface area (Å²) >= 11 is 2.01. The Balaban J connectivity index is 2.42. The van der Waals surface area contributed by atoms with Crippen LogP contribution in [-0.2, 0) is 14.9 Å². The molecule has 0 fully saturated rings. The molecular weight excluding hydrogens is 507 g/mol. The van der Waals surface area contributed by atoms with Gasteiger partial charge in [-0.1, -0.05) is 6.07 Å². The molecule has 2 rings (SSSR count). The van der Waals surface area contributed by atoms with E-state index in [1.165, 1.54) is 12.1 Å². The van der Waals surface area contributed by atoms with Crippen LogP contribution in [0.1, 0.15) is 0 Å². The van der Waals surface area contributed by atoms with Gasteiger partial charge in [-0.25, -0.2) is 13.2 Å². The predicted octanol–water partition coefficient (Wildman–Crippen LogP) is 3.04. The maximum atomic E-state index is 13.3. The van der Waals surface area contributed by atoms with Gasteiger partial charge in [-0.2, -0.15) is 8.78 Å². The SMILES string of the molecule is O=C(Oc1cccc(Oc2ccc(I)cc2)c1[N+](=O)[O-])C(F)(F)S(=O)(=O)[O-]. The van der Waals surface area contributed by atoms with Crippen molar-refractivity contribution in [3.63, 3.8) is 0 Å². The van der Waals surface area contributed by atoms with E-state index in [1.54, 1.807) is 12.1 Å². The Labute approximate surface area is 163 Å². The molecule has 0 atom stereocenters. The van der Waals surface area contributed by atoms with Crippen molar-refractivity contribution < 1.29 is 40.9 Å². The first kappa shape index (κ1) is 20.9. The van der Waals surface area contributed by atoms with Crippen molar-refractivity contribution >= 4 is 44.4 Å². The minimum atomic E-state index is -6.38. The Bertz CT molecular complexity index is 995. The molecule has 0 spiro atoms. The van der Waals surface area contributed by atoms with Crippen molar-refractivity contribution in [1.82, 2.24) is 0 Å². The first-order valence-electron chi connectivity index (χ1n) is 6.70. The Morgan fingerprint density at radius 2 is 1.67 bits per heavy atom. The van der Waals surface area contributed by atoms with Crippen LogP contribution in [0.4, 0.5) is 14.5 Å². The first-order valence-corrected chi connectivity index (χ1v) is 9.18. The molecule has 0 unspecified atom stereocenters. The van der Waals surface area contributed by atoms with Gasteiger partial charge in [0, 0.05) is 3.57 Å². The lowest BCUT2D eigenvalue weighted by Gasteiger charge is -2.18. The second-order valence-corrected chi connectivity index (χ2v) is 7.44. The van der Waals surface area contributed by atoms with Crippen LogP contribution >= 0.6 is 22.6 Å². The Hall–Kier alpha value is -2.39. The van der Waals surface area contributed by atoms with Gasteiger partial charge in [-0.3, -0.25) is 10.1 Å². The standard InChI is InChI=1S/C14H8F2INO8S/c15-14(16,27(22,23)24)13(19)26-11-3-1-2-10(12(11)18(20)21)25-9-6-4-8(17)5-7-9/h1-7H,(H,22,23,24)/p-1. The third-order valence-corrected chi connectivity index (χ3v) is 4.45. The minimum Gasteiger partial charge on any atom is -0.743 e. The van der Waals surface area contributed by atoms with Crippen LogP contribution in [0, 0.1) is 13.7 Å². The molecule has 0 aromatic heterocycles. The summed E-state index contributed by atoms with van der Waals surface area (Å²) in [6, 6.07) is 9.17. The van der Waals surface area contributed by atoms with Gasteiger partial charge in [0.25, 0.3) is 0 Å². The largest absolute Gasteiger partial charge is 0.743 e. The van der Waals surface area contributed by atoms with Gasteiger partial charge in [0.05, 0.1) is 4.92 Å². The number of esters is 1. The Morgan fingerprint density at radius 1 is 1.11 bits per heavy atom. The van der Waals surface area contributed by atoms with Crippen LogP contribution in [-0.4, -0.2) is 29.1 Å². The van der Waals surface area contributed by atoms with Gasteiger partial charge in [0.1, 0.15) is 5.75 Å². The summed E-state index contributed by atoms with van der Waals surface area (Å²) in [5.74, 6) is -4.09. The minimum absolute atomic E-state index is 0.162. The number of alkyl halides is 2. The third kappa shape index (κ3) is 4.67. The fourth-order valence-electron chi connectivity index (χ4n) is 1.74. The van der Waals surface area contributed by atoms with Crippen LogP contribution < -0.4 is 9.47 Å². The molecule has 27 heavy (non-hydrogen) atoms. The monoisotopic (exact) mass is 514 g/mol. The number of carbonyl (C=O) groups is 1. The molecule has 144 valence electrons. The quantitative estimate of drug-likeness (QED) is 0.143. The molecule has 2 aromatic carbocycles. The fraction of sp³-hybridized carbons (Fsp3) is 0.0714. The van der Waals surface area contributed by atoms with E-state index in [-0.39, 0.29) is 5.75 Å². The summed E-state index contributed by atoms with van der Waals surface area (Å²) in [5.41, 5.74) is -1.01. The van der Waals surface area contributed by atoms with E-state index in [1.807, 2.05) is 22.6 Å². The maximum absolute atomic E-state index is 13.3. The molecule has 0 amide bonds. The molecule has 0 bridgehead atoms. The average molecular weight is 514 g/mol. The number of nitrogens with zero attached hydrogens (tertiary/aromatic N) is 1. The van der Waals surface area contributed by atoms with Gasteiger partial charge in [0.2, 0.25) is 11.5 Å². The molecule has 0 N–H and O–H groups in total. The predicted molar refractivity (Wildman–Crippen MR) is 92.6 cm³/mol. The molecule has 0 saturated carbocycles. The number of para-hydroxylation sites is 1. The Morgan fingerprint density at radius 3 is 2.19 bits per heavy atom. The second-order valence-electron chi connectivity index (χ2n) is 4.78. The van der Waals surface area contributed by atoms with E-state index in [9.17, 15) is 36.7 Å². The zero-order valence-corrected chi connectivity index (χ0v) is 15.8. The van der Waals surface area contributed by atoms with Crippen molar-refractivity contribution in [3.8, 4) is 17.2 Å². The molecule has 0 saturated heterocycles. The van der Waals surface area contributed by atoms with Crippen LogP contribution in [0.5, 0.6) is 17.2 Å². The summed E-state index contributed by atoms with van der Waals surface area (Å²) in [6.07, 6.45) is 0. The lowest BCUT2D eigenvalue weighted by molar-refractivity contribution is -0.386. The topological polar surface area (TPSA) is 136 Å². The highest BCUT2D eigenvalue weighted by molar-refractivity contribution is 14.1. The number of hydrogen-bond donors (Lipinski definition) is 0. The van der Waals surface area contributed by atoms with Gasteiger partial charge < -0.3 is 14.0 Å². The number of halogens is 3. The molecule has 13 heteroatoms. The number of hydrogen-bond acceptors (Lipinski definition) is 8. The van der Waals surface area contributed by atoms with E-state index in [4.69, 9.17) is 4.74 Å². The lowest BCUT2D eigenvalue weighted by atomic mass is 10.2. The van der Waals surface area contributed by atoms with E-state index < -0.39 is 43.5 Å². The van der Waals surface area contributed by atoms with Gasteiger partial charge >= 0.3 is 16.9 Å². The summed E-state index contributed by atoms with van der Waals surface area (Å²) < 4.78 is 68.2. The van der Waals surface area contributed by atoms with Crippen molar-refractivity contribution in [2.24, 2.45) is 0 Å². The van der Waals surface area contributed by atoms with Crippen molar-refractivity contribution in [2.75, 3.05) is 0 Å². The van der Waals surface area contributed by atoms with E-state index in [0.717, 1.165) is 21.8 Å². The molecule has 9 nitrogen and oxygen atoms in total. The van der Waals surface area contributed by atoms with E-state index in [2.05, 4.69) is 4.74 Å². The van der Waals surface area contributed by atoms with Crippen molar-refractivity contribution in [1.29, 1.82) is 0 Å². The van der Waals surface area contributed by atoms with Gasteiger partial charge in [-0.15, -0.1) is 0 Å². The smallest absolute Gasteiger partial charge is 0.429 e. The fourth-order valence-corrected chi connectivity index (χ4v) is 2.34. The van der Waals surface area contributed by atoms with Gasteiger partial charge in [0.15, 0.2) is 10.1 Å². The zero-order chi connectivity index (χ0) is 20.4. The highest BCUT2D eigenvalue weighted by Gasteiger charge is 2.49. The molecule has 0 radical (unpaired) electrons. The van der Waals surface area contributed by atoms with Crippen LogP contribution in [0.2, 0.25) is 0 Å². The highest BCUT2D eigenvalue weighted by atomic mass is 127. The molecule has 0 heterocycles. The van der Waals surface area contributed by atoms with E-state index >= 15 is 0 Å².